The summed E-state index contributed by atoms with van der Waals surface area (Å²) in [6.07, 6.45) is 2.60. The molecule has 2 heterocycles. The van der Waals surface area contributed by atoms with Crippen molar-refractivity contribution in [2.24, 2.45) is 5.92 Å². The summed E-state index contributed by atoms with van der Waals surface area (Å²) in [4.78, 5) is 33.1. The van der Waals surface area contributed by atoms with Gasteiger partial charge in [-0.2, -0.15) is 4.98 Å². The number of piperidine rings is 1. The summed E-state index contributed by atoms with van der Waals surface area (Å²) in [6, 6.07) is 10.6. The van der Waals surface area contributed by atoms with Crippen LogP contribution >= 0.6 is 0 Å². The fraction of sp³-hybridized carbons (Fsp3) is 0.368. The predicted molar refractivity (Wildman–Crippen MR) is 97.0 cm³/mol. The molecule has 1 aliphatic rings. The predicted octanol–water partition coefficient (Wildman–Crippen LogP) is 1.96. The molecule has 0 saturated carbocycles. The average molecular weight is 370 g/mol. The van der Waals surface area contributed by atoms with E-state index in [2.05, 4.69) is 15.3 Å². The van der Waals surface area contributed by atoms with Gasteiger partial charge in [-0.15, -0.1) is 0 Å². The summed E-state index contributed by atoms with van der Waals surface area (Å²) in [7, 11) is 0. The van der Waals surface area contributed by atoms with Crippen molar-refractivity contribution in [1.29, 1.82) is 0 Å². The largest absolute Gasteiger partial charge is 0.479 e. The first-order chi connectivity index (χ1) is 13.1. The van der Waals surface area contributed by atoms with E-state index in [1.54, 1.807) is 4.90 Å². The Kier molecular flexibility index (Phi) is 6.19. The van der Waals surface area contributed by atoms with Crippen molar-refractivity contribution >= 4 is 12.0 Å². The summed E-state index contributed by atoms with van der Waals surface area (Å²) in [5, 5.41) is 12.0. The number of carbonyl (C=O) groups excluding carboxylic acids is 2. The van der Waals surface area contributed by atoms with Crippen LogP contribution in [0.15, 0.2) is 42.6 Å². The standard InChI is InChI=1S/C19H22N4O4/c24-17(16-6-9-20-18(25)22-16)21-12-14-7-10-23(11-8-14)19(26)27-13-15-4-2-1-3-5-15/h1-6,9,14H,7-8,10-13H2,(H,21,24)(H,20,22,25). The summed E-state index contributed by atoms with van der Waals surface area (Å²) in [5.74, 6) is -0.0695. The monoisotopic (exact) mass is 370 g/mol. The van der Waals surface area contributed by atoms with Gasteiger partial charge in [0, 0.05) is 25.8 Å². The Morgan fingerprint density at radius 3 is 2.63 bits per heavy atom. The number of likely N-dealkylation sites (tertiary alicyclic amines) is 1. The van der Waals surface area contributed by atoms with Gasteiger partial charge in [0.1, 0.15) is 12.3 Å². The molecule has 0 atom stereocenters. The first kappa shape index (κ1) is 18.6. The van der Waals surface area contributed by atoms with Gasteiger partial charge in [-0.3, -0.25) is 4.79 Å². The molecule has 1 aromatic heterocycles. The quantitative estimate of drug-likeness (QED) is 0.834. The highest BCUT2D eigenvalue weighted by molar-refractivity contribution is 5.92. The minimum absolute atomic E-state index is 0.129. The molecule has 1 saturated heterocycles. The van der Waals surface area contributed by atoms with E-state index in [9.17, 15) is 14.7 Å². The van der Waals surface area contributed by atoms with Gasteiger partial charge >= 0.3 is 12.1 Å². The van der Waals surface area contributed by atoms with E-state index < -0.39 is 6.01 Å². The molecular formula is C19H22N4O4. The van der Waals surface area contributed by atoms with E-state index in [4.69, 9.17) is 4.74 Å². The second kappa shape index (κ2) is 8.98. The fourth-order valence-corrected chi connectivity index (χ4v) is 2.93. The molecule has 2 amide bonds. The van der Waals surface area contributed by atoms with Crippen LogP contribution in [0.3, 0.4) is 0 Å². The van der Waals surface area contributed by atoms with Gasteiger partial charge in [0.25, 0.3) is 5.91 Å². The van der Waals surface area contributed by atoms with Gasteiger partial charge < -0.3 is 20.1 Å². The van der Waals surface area contributed by atoms with Crippen LogP contribution < -0.4 is 5.32 Å². The maximum Gasteiger partial charge on any atom is 0.410 e. The number of ether oxygens (including phenoxy) is 1. The molecule has 0 bridgehead atoms. The summed E-state index contributed by atoms with van der Waals surface area (Å²) in [5.41, 5.74) is 1.09. The second-order valence-electron chi connectivity index (χ2n) is 6.42. The molecule has 3 rings (SSSR count). The zero-order chi connectivity index (χ0) is 19.1. The minimum Gasteiger partial charge on any atom is -0.479 e. The van der Waals surface area contributed by atoms with Crippen molar-refractivity contribution in [2.75, 3.05) is 19.6 Å². The number of benzene rings is 1. The fourth-order valence-electron chi connectivity index (χ4n) is 2.93. The van der Waals surface area contributed by atoms with Crippen LogP contribution in [0.1, 0.15) is 28.9 Å². The van der Waals surface area contributed by atoms with E-state index in [1.807, 2.05) is 30.3 Å². The molecule has 27 heavy (non-hydrogen) atoms. The number of carbonyl (C=O) groups is 2. The van der Waals surface area contributed by atoms with Gasteiger partial charge in [0.15, 0.2) is 0 Å². The molecular weight excluding hydrogens is 348 g/mol. The van der Waals surface area contributed by atoms with E-state index in [0.29, 0.717) is 19.6 Å². The maximum atomic E-state index is 12.2. The second-order valence-corrected chi connectivity index (χ2v) is 6.42. The third kappa shape index (κ3) is 5.40. The van der Waals surface area contributed by atoms with Crippen molar-refractivity contribution in [3.05, 3.63) is 53.9 Å². The van der Waals surface area contributed by atoms with Crippen molar-refractivity contribution < 1.29 is 19.4 Å². The number of aromatic hydroxyl groups is 1. The van der Waals surface area contributed by atoms with Crippen molar-refractivity contribution in [1.82, 2.24) is 20.2 Å². The average Bonchev–Trinajstić information content (AvgIpc) is 2.71. The van der Waals surface area contributed by atoms with E-state index >= 15 is 0 Å². The highest BCUT2D eigenvalue weighted by atomic mass is 16.6. The normalized spacial score (nSPS) is 14.6. The number of aromatic nitrogens is 2. The molecule has 8 heteroatoms. The van der Waals surface area contributed by atoms with Gasteiger partial charge in [-0.1, -0.05) is 30.3 Å². The maximum absolute atomic E-state index is 12.2. The van der Waals surface area contributed by atoms with Crippen molar-refractivity contribution in [2.45, 2.75) is 19.4 Å². The molecule has 1 fully saturated rings. The Labute approximate surface area is 157 Å². The smallest absolute Gasteiger partial charge is 0.410 e. The molecule has 2 aromatic rings. The summed E-state index contributed by atoms with van der Waals surface area (Å²) in [6.45, 7) is 1.96. The third-order valence-corrected chi connectivity index (χ3v) is 4.50. The molecule has 142 valence electrons. The molecule has 1 aromatic carbocycles. The summed E-state index contributed by atoms with van der Waals surface area (Å²) >= 11 is 0. The zero-order valence-electron chi connectivity index (χ0n) is 14.9. The van der Waals surface area contributed by atoms with Crippen LogP contribution in [0.4, 0.5) is 4.79 Å². The topological polar surface area (TPSA) is 105 Å². The number of hydrogen-bond acceptors (Lipinski definition) is 6. The first-order valence-electron chi connectivity index (χ1n) is 8.87. The van der Waals surface area contributed by atoms with Gasteiger partial charge in [-0.25, -0.2) is 9.78 Å². The summed E-state index contributed by atoms with van der Waals surface area (Å²) < 4.78 is 5.35. The van der Waals surface area contributed by atoms with Crippen molar-refractivity contribution in [3.63, 3.8) is 0 Å². The lowest BCUT2D eigenvalue weighted by Crippen LogP contribution is -2.41. The Morgan fingerprint density at radius 1 is 1.19 bits per heavy atom. The zero-order valence-corrected chi connectivity index (χ0v) is 14.9. The van der Waals surface area contributed by atoms with Crippen LogP contribution in [-0.4, -0.2) is 51.6 Å². The Balaban J connectivity index is 1.38. The lowest BCUT2D eigenvalue weighted by atomic mass is 9.97. The lowest BCUT2D eigenvalue weighted by molar-refractivity contribution is 0.0800. The van der Waals surface area contributed by atoms with E-state index in [0.717, 1.165) is 18.4 Å². The van der Waals surface area contributed by atoms with Crippen LogP contribution in [0, 0.1) is 5.92 Å². The number of nitrogens with zero attached hydrogens (tertiary/aromatic N) is 3. The molecule has 0 spiro atoms. The van der Waals surface area contributed by atoms with Crippen LogP contribution in [0.5, 0.6) is 6.01 Å². The van der Waals surface area contributed by atoms with Gasteiger partial charge in [-0.05, 0) is 30.4 Å². The molecule has 8 nitrogen and oxygen atoms in total. The number of rotatable bonds is 5. The molecule has 1 aliphatic heterocycles. The lowest BCUT2D eigenvalue weighted by Gasteiger charge is -2.31. The SMILES string of the molecule is O=C(NCC1CCN(C(=O)OCc2ccccc2)CC1)c1ccnc(O)n1. The number of hydrogen-bond donors (Lipinski definition) is 2. The Hall–Kier alpha value is -3.16. The molecule has 0 aliphatic carbocycles. The molecule has 0 radical (unpaired) electrons. The minimum atomic E-state index is -0.426. The highest BCUT2D eigenvalue weighted by Gasteiger charge is 2.24. The van der Waals surface area contributed by atoms with Crippen LogP contribution in [0.25, 0.3) is 0 Å². The Morgan fingerprint density at radius 2 is 1.93 bits per heavy atom. The van der Waals surface area contributed by atoms with Crippen LogP contribution in [0.2, 0.25) is 0 Å². The highest BCUT2D eigenvalue weighted by Crippen LogP contribution is 2.17. The first-order valence-corrected chi connectivity index (χ1v) is 8.87. The van der Waals surface area contributed by atoms with Gasteiger partial charge in [0.2, 0.25) is 0 Å². The number of nitrogens with one attached hydrogen (secondary N) is 1. The number of amides is 2. The Bertz CT molecular complexity index is 776. The van der Waals surface area contributed by atoms with Gasteiger partial charge in [0.05, 0.1) is 0 Å². The van der Waals surface area contributed by atoms with E-state index in [1.165, 1.54) is 12.3 Å². The van der Waals surface area contributed by atoms with Crippen molar-refractivity contribution in [3.8, 4) is 6.01 Å². The van der Waals surface area contributed by atoms with E-state index in [-0.39, 0.29) is 30.2 Å². The molecule has 0 unspecified atom stereocenters. The third-order valence-electron chi connectivity index (χ3n) is 4.50. The van der Waals surface area contributed by atoms with Crippen LogP contribution in [-0.2, 0) is 11.3 Å². The molecule has 2 N–H and O–H groups in total.